The molecule has 0 aromatic carbocycles. The van der Waals surface area contributed by atoms with Crippen molar-refractivity contribution >= 4 is 23.8 Å². The summed E-state index contributed by atoms with van der Waals surface area (Å²) in [7, 11) is 0. The summed E-state index contributed by atoms with van der Waals surface area (Å²) in [5.74, 6) is -0.195. The first-order valence-corrected chi connectivity index (χ1v) is 8.17. The molecule has 0 spiro atoms. The van der Waals surface area contributed by atoms with Gasteiger partial charge in [-0.1, -0.05) is 0 Å². The molecule has 1 amide bonds. The zero-order valence-electron chi connectivity index (χ0n) is 13.3. The molecule has 1 unspecified atom stereocenters. The summed E-state index contributed by atoms with van der Waals surface area (Å²) >= 11 is 1.42. The van der Waals surface area contributed by atoms with Crippen molar-refractivity contribution in [1.82, 2.24) is 14.9 Å². The molecule has 1 rings (SSSR count). The van der Waals surface area contributed by atoms with Gasteiger partial charge in [0.25, 0.3) is 0 Å². The van der Waals surface area contributed by atoms with Crippen LogP contribution in [0.25, 0.3) is 0 Å². The SMILES string of the molecule is CCn1cncc1CSCC(NC(=O)OC(C)(C)C)C(=O)O. The number of amides is 1. The molecule has 1 heterocycles. The third kappa shape index (κ3) is 6.38. The van der Waals surface area contributed by atoms with Gasteiger partial charge in [-0.05, 0) is 27.7 Å². The predicted molar refractivity (Wildman–Crippen MR) is 84.9 cm³/mol. The van der Waals surface area contributed by atoms with Gasteiger partial charge in [0.1, 0.15) is 11.6 Å². The number of aliphatic carboxylic acids is 1. The lowest BCUT2D eigenvalue weighted by Crippen LogP contribution is -2.44. The molecule has 0 aliphatic heterocycles. The Morgan fingerprint density at radius 1 is 1.50 bits per heavy atom. The molecule has 1 atom stereocenters. The van der Waals surface area contributed by atoms with Gasteiger partial charge in [0.15, 0.2) is 0 Å². The summed E-state index contributed by atoms with van der Waals surface area (Å²) in [5, 5.41) is 11.6. The van der Waals surface area contributed by atoms with E-state index in [1.54, 1.807) is 33.3 Å². The zero-order valence-corrected chi connectivity index (χ0v) is 14.1. The number of carboxylic acid groups (broad SMARTS) is 1. The van der Waals surface area contributed by atoms with E-state index in [-0.39, 0.29) is 5.75 Å². The number of aryl methyl sites for hydroxylation is 1. The largest absolute Gasteiger partial charge is 0.480 e. The van der Waals surface area contributed by atoms with Crippen molar-refractivity contribution in [3.63, 3.8) is 0 Å². The normalized spacial score (nSPS) is 12.7. The van der Waals surface area contributed by atoms with E-state index in [1.807, 2.05) is 11.5 Å². The number of nitrogens with zero attached hydrogens (tertiary/aromatic N) is 2. The molecule has 22 heavy (non-hydrogen) atoms. The quantitative estimate of drug-likeness (QED) is 0.796. The maximum absolute atomic E-state index is 11.6. The number of alkyl carbamates (subject to hydrolysis) is 1. The molecule has 124 valence electrons. The van der Waals surface area contributed by atoms with E-state index in [9.17, 15) is 14.7 Å². The Bertz CT molecular complexity index is 510. The third-order valence-electron chi connectivity index (χ3n) is 2.66. The van der Waals surface area contributed by atoms with E-state index >= 15 is 0 Å². The first-order chi connectivity index (χ1) is 10.2. The average molecular weight is 329 g/mol. The van der Waals surface area contributed by atoms with Gasteiger partial charge < -0.3 is 19.7 Å². The average Bonchev–Trinajstić information content (AvgIpc) is 2.82. The van der Waals surface area contributed by atoms with Gasteiger partial charge in [0.05, 0.1) is 6.33 Å². The second kappa shape index (κ2) is 8.07. The van der Waals surface area contributed by atoms with Gasteiger partial charge in [-0.15, -0.1) is 0 Å². The summed E-state index contributed by atoms with van der Waals surface area (Å²) in [5.41, 5.74) is 0.363. The lowest BCUT2D eigenvalue weighted by atomic mass is 10.2. The van der Waals surface area contributed by atoms with Crippen LogP contribution in [0.5, 0.6) is 0 Å². The van der Waals surface area contributed by atoms with Crippen LogP contribution in [0, 0.1) is 0 Å². The highest BCUT2D eigenvalue weighted by atomic mass is 32.2. The van der Waals surface area contributed by atoms with Crippen molar-refractivity contribution < 1.29 is 19.4 Å². The van der Waals surface area contributed by atoms with E-state index in [2.05, 4.69) is 10.3 Å². The molecule has 1 aromatic heterocycles. The molecule has 0 radical (unpaired) electrons. The van der Waals surface area contributed by atoms with Crippen LogP contribution in [0.15, 0.2) is 12.5 Å². The van der Waals surface area contributed by atoms with Crippen molar-refractivity contribution in [1.29, 1.82) is 0 Å². The molecule has 0 saturated heterocycles. The fourth-order valence-corrected chi connectivity index (χ4v) is 2.69. The van der Waals surface area contributed by atoms with Crippen LogP contribution in [0.4, 0.5) is 4.79 Å². The summed E-state index contributed by atoms with van der Waals surface area (Å²) in [4.78, 5) is 26.9. The Morgan fingerprint density at radius 2 is 2.18 bits per heavy atom. The van der Waals surface area contributed by atoms with E-state index < -0.39 is 23.7 Å². The van der Waals surface area contributed by atoms with Gasteiger partial charge in [-0.25, -0.2) is 14.6 Å². The zero-order chi connectivity index (χ0) is 16.8. The number of carbonyl (C=O) groups excluding carboxylic acids is 1. The highest BCUT2D eigenvalue weighted by Gasteiger charge is 2.23. The summed E-state index contributed by atoms with van der Waals surface area (Å²) in [6, 6.07) is -0.988. The lowest BCUT2D eigenvalue weighted by Gasteiger charge is -2.21. The van der Waals surface area contributed by atoms with E-state index in [1.165, 1.54) is 11.8 Å². The first kappa shape index (κ1) is 18.3. The van der Waals surface area contributed by atoms with Crippen LogP contribution in [-0.2, 0) is 21.8 Å². The fourth-order valence-electron chi connectivity index (χ4n) is 1.66. The number of aromatic nitrogens is 2. The van der Waals surface area contributed by atoms with Gasteiger partial charge in [0.2, 0.25) is 0 Å². The topological polar surface area (TPSA) is 93.5 Å². The van der Waals surface area contributed by atoms with Crippen molar-refractivity contribution in [3.8, 4) is 0 Å². The summed E-state index contributed by atoms with van der Waals surface area (Å²) in [6.07, 6.45) is 2.77. The fraction of sp³-hybridized carbons (Fsp3) is 0.643. The molecular weight excluding hydrogens is 306 g/mol. The Morgan fingerprint density at radius 3 is 2.73 bits per heavy atom. The minimum atomic E-state index is -1.08. The van der Waals surface area contributed by atoms with Gasteiger partial charge in [-0.3, -0.25) is 0 Å². The van der Waals surface area contributed by atoms with Crippen molar-refractivity contribution in [2.24, 2.45) is 0 Å². The van der Waals surface area contributed by atoms with Crippen LogP contribution < -0.4 is 5.32 Å². The van der Waals surface area contributed by atoms with Crippen LogP contribution in [-0.4, -0.2) is 44.1 Å². The maximum Gasteiger partial charge on any atom is 0.408 e. The molecular formula is C14H23N3O4S. The van der Waals surface area contributed by atoms with Crippen molar-refractivity contribution in [2.75, 3.05) is 5.75 Å². The van der Waals surface area contributed by atoms with Gasteiger partial charge in [0, 0.05) is 29.9 Å². The van der Waals surface area contributed by atoms with Crippen LogP contribution in [0.1, 0.15) is 33.4 Å². The Balaban J connectivity index is 2.48. The van der Waals surface area contributed by atoms with Gasteiger partial charge in [-0.2, -0.15) is 11.8 Å². The van der Waals surface area contributed by atoms with Crippen molar-refractivity contribution in [2.45, 2.75) is 51.6 Å². The van der Waals surface area contributed by atoms with Crippen LogP contribution in [0.2, 0.25) is 0 Å². The number of carbonyl (C=O) groups is 2. The number of ether oxygens (including phenoxy) is 1. The molecule has 0 aliphatic carbocycles. The number of imidazole rings is 1. The second-order valence-corrected chi connectivity index (χ2v) is 6.75. The highest BCUT2D eigenvalue weighted by molar-refractivity contribution is 7.98. The van der Waals surface area contributed by atoms with Crippen molar-refractivity contribution in [3.05, 3.63) is 18.2 Å². The van der Waals surface area contributed by atoms with Crippen LogP contribution in [0.3, 0.4) is 0 Å². The Labute approximate surface area is 134 Å². The first-order valence-electron chi connectivity index (χ1n) is 7.02. The lowest BCUT2D eigenvalue weighted by molar-refractivity contribution is -0.138. The maximum atomic E-state index is 11.6. The molecule has 8 heteroatoms. The number of rotatable bonds is 7. The summed E-state index contributed by atoms with van der Waals surface area (Å²) < 4.78 is 7.06. The second-order valence-electron chi connectivity index (χ2n) is 5.72. The Hall–Kier alpha value is -1.70. The molecule has 0 saturated carbocycles. The number of carboxylic acids is 1. The molecule has 0 fully saturated rings. The Kier molecular flexibility index (Phi) is 6.73. The monoisotopic (exact) mass is 329 g/mol. The predicted octanol–water partition coefficient (Wildman–Crippen LogP) is 2.11. The molecule has 0 bridgehead atoms. The number of thioether (sulfide) groups is 1. The number of nitrogens with one attached hydrogen (secondary N) is 1. The van der Waals surface area contributed by atoms with E-state index in [0.29, 0.717) is 5.75 Å². The molecule has 1 aromatic rings. The molecule has 0 aliphatic rings. The minimum absolute atomic E-state index is 0.253. The minimum Gasteiger partial charge on any atom is -0.480 e. The summed E-state index contributed by atoms with van der Waals surface area (Å²) in [6.45, 7) is 8.00. The van der Waals surface area contributed by atoms with Gasteiger partial charge >= 0.3 is 12.1 Å². The molecule has 2 N–H and O–H groups in total. The highest BCUT2D eigenvalue weighted by Crippen LogP contribution is 2.14. The number of hydrogen-bond donors (Lipinski definition) is 2. The van der Waals surface area contributed by atoms with Crippen LogP contribution >= 0.6 is 11.8 Å². The standard InChI is InChI=1S/C14H23N3O4S/c1-5-17-9-15-6-10(17)7-22-8-11(12(18)19)16-13(20)21-14(2,3)4/h6,9,11H,5,7-8H2,1-4H3,(H,16,20)(H,18,19). The van der Waals surface area contributed by atoms with E-state index in [4.69, 9.17) is 4.74 Å². The third-order valence-corrected chi connectivity index (χ3v) is 3.73. The number of hydrogen-bond acceptors (Lipinski definition) is 5. The smallest absolute Gasteiger partial charge is 0.408 e. The molecule has 7 nitrogen and oxygen atoms in total. The van der Waals surface area contributed by atoms with E-state index in [0.717, 1.165) is 12.2 Å².